The second-order valence-electron chi connectivity index (χ2n) is 5.43. The van der Waals surface area contributed by atoms with E-state index >= 15 is 0 Å². The molecule has 0 aliphatic carbocycles. The molecule has 1 aliphatic rings. The minimum absolute atomic E-state index is 0.0108. The molecule has 1 aromatic rings. The maximum atomic E-state index is 11.9. The summed E-state index contributed by atoms with van der Waals surface area (Å²) >= 11 is 0. The Labute approximate surface area is 126 Å². The van der Waals surface area contributed by atoms with Crippen molar-refractivity contribution >= 4 is 17.3 Å². The summed E-state index contributed by atoms with van der Waals surface area (Å²) in [6, 6.07) is 6.37. The van der Waals surface area contributed by atoms with Gasteiger partial charge in [0.25, 0.3) is 0 Å². The van der Waals surface area contributed by atoms with E-state index in [1.54, 1.807) is 14.2 Å². The van der Waals surface area contributed by atoms with Gasteiger partial charge in [0.15, 0.2) is 0 Å². The van der Waals surface area contributed by atoms with Gasteiger partial charge >= 0.3 is 0 Å². The molecule has 0 bridgehead atoms. The van der Waals surface area contributed by atoms with E-state index in [-0.39, 0.29) is 11.9 Å². The lowest BCUT2D eigenvalue weighted by Gasteiger charge is -2.31. The number of ether oxygens (including phenoxy) is 1. The SMILES string of the molecule is CCC(C)N(CCOC)c1ccc2c(c1)NC(=O)C2NC. The molecule has 1 heterocycles. The summed E-state index contributed by atoms with van der Waals surface area (Å²) in [5, 5.41) is 5.99. The van der Waals surface area contributed by atoms with Gasteiger partial charge in [0, 0.05) is 36.6 Å². The van der Waals surface area contributed by atoms with Gasteiger partial charge in [-0.25, -0.2) is 0 Å². The van der Waals surface area contributed by atoms with E-state index in [1.807, 2.05) is 6.07 Å². The van der Waals surface area contributed by atoms with Crippen LogP contribution in [-0.4, -0.2) is 39.3 Å². The summed E-state index contributed by atoms with van der Waals surface area (Å²) in [5.41, 5.74) is 3.04. The Bertz CT molecular complexity index is 504. The number of methoxy groups -OCH3 is 1. The van der Waals surface area contributed by atoms with Gasteiger partial charge in [0.1, 0.15) is 6.04 Å². The largest absolute Gasteiger partial charge is 0.383 e. The summed E-state index contributed by atoms with van der Waals surface area (Å²) in [6.45, 7) is 5.91. The molecule has 116 valence electrons. The van der Waals surface area contributed by atoms with Gasteiger partial charge in [-0.2, -0.15) is 0 Å². The molecule has 2 unspecified atom stereocenters. The Morgan fingerprint density at radius 2 is 2.24 bits per heavy atom. The minimum atomic E-state index is -0.245. The van der Waals surface area contributed by atoms with Crippen molar-refractivity contribution in [1.82, 2.24) is 5.32 Å². The van der Waals surface area contributed by atoms with Crippen molar-refractivity contribution in [2.24, 2.45) is 0 Å². The molecular formula is C16H25N3O2. The first kappa shape index (κ1) is 15.8. The third kappa shape index (κ3) is 3.19. The van der Waals surface area contributed by atoms with E-state index in [4.69, 9.17) is 4.74 Å². The number of carbonyl (C=O) groups excluding carboxylic acids is 1. The fraction of sp³-hybridized carbons (Fsp3) is 0.562. The lowest BCUT2D eigenvalue weighted by atomic mass is 10.1. The van der Waals surface area contributed by atoms with E-state index in [2.05, 4.69) is 41.5 Å². The molecule has 2 rings (SSSR count). The number of fused-ring (bicyclic) bond motifs is 1. The van der Waals surface area contributed by atoms with E-state index < -0.39 is 0 Å². The molecule has 0 saturated carbocycles. The zero-order valence-corrected chi connectivity index (χ0v) is 13.3. The van der Waals surface area contributed by atoms with Gasteiger partial charge in [-0.1, -0.05) is 13.0 Å². The summed E-state index contributed by atoms with van der Waals surface area (Å²) < 4.78 is 5.21. The number of nitrogens with one attached hydrogen (secondary N) is 2. The van der Waals surface area contributed by atoms with Gasteiger partial charge in [-0.15, -0.1) is 0 Å². The van der Waals surface area contributed by atoms with Crippen LogP contribution in [0.1, 0.15) is 31.9 Å². The molecule has 5 heteroatoms. The molecule has 1 aromatic carbocycles. The van der Waals surface area contributed by atoms with Gasteiger partial charge in [-0.3, -0.25) is 4.79 Å². The first-order valence-electron chi connectivity index (χ1n) is 7.50. The predicted molar refractivity (Wildman–Crippen MR) is 85.8 cm³/mol. The number of hydrogen-bond acceptors (Lipinski definition) is 4. The lowest BCUT2D eigenvalue weighted by Crippen LogP contribution is -2.35. The highest BCUT2D eigenvalue weighted by atomic mass is 16.5. The topological polar surface area (TPSA) is 53.6 Å². The second-order valence-corrected chi connectivity index (χ2v) is 5.43. The zero-order chi connectivity index (χ0) is 15.4. The van der Waals surface area contributed by atoms with Crippen molar-refractivity contribution < 1.29 is 9.53 Å². The van der Waals surface area contributed by atoms with E-state index in [1.165, 1.54) is 0 Å². The van der Waals surface area contributed by atoms with Crippen LogP contribution in [0, 0.1) is 0 Å². The minimum Gasteiger partial charge on any atom is -0.383 e. The van der Waals surface area contributed by atoms with Crippen molar-refractivity contribution in [1.29, 1.82) is 0 Å². The summed E-state index contributed by atoms with van der Waals surface area (Å²) in [7, 11) is 3.52. The van der Waals surface area contributed by atoms with Crippen LogP contribution in [-0.2, 0) is 9.53 Å². The van der Waals surface area contributed by atoms with Crippen LogP contribution < -0.4 is 15.5 Å². The van der Waals surface area contributed by atoms with Crippen LogP contribution in [0.25, 0.3) is 0 Å². The molecule has 0 fully saturated rings. The molecule has 0 radical (unpaired) electrons. The van der Waals surface area contributed by atoms with Crippen LogP contribution in [0.15, 0.2) is 18.2 Å². The standard InChI is InChI=1S/C16H25N3O2/c1-5-11(2)19(8-9-21-4)12-6-7-13-14(10-12)18-16(20)15(13)17-3/h6-7,10-11,15,17H,5,8-9H2,1-4H3,(H,18,20). The molecule has 0 aromatic heterocycles. The van der Waals surface area contributed by atoms with E-state index in [9.17, 15) is 4.79 Å². The van der Waals surface area contributed by atoms with Crippen molar-refractivity contribution in [3.05, 3.63) is 23.8 Å². The van der Waals surface area contributed by atoms with Gasteiger partial charge in [-0.05, 0) is 32.5 Å². The molecule has 21 heavy (non-hydrogen) atoms. The number of nitrogens with zero attached hydrogens (tertiary/aromatic N) is 1. The average Bonchev–Trinajstić information content (AvgIpc) is 2.81. The maximum absolute atomic E-state index is 11.9. The van der Waals surface area contributed by atoms with Gasteiger partial charge in [0.2, 0.25) is 5.91 Å². The summed E-state index contributed by atoms with van der Waals surface area (Å²) in [4.78, 5) is 14.2. The van der Waals surface area contributed by atoms with Crippen LogP contribution in [0.4, 0.5) is 11.4 Å². The molecule has 1 amide bonds. The first-order valence-corrected chi connectivity index (χ1v) is 7.50. The number of benzene rings is 1. The van der Waals surface area contributed by atoms with Gasteiger partial charge < -0.3 is 20.3 Å². The molecule has 0 spiro atoms. The Balaban J connectivity index is 2.27. The number of carbonyl (C=O) groups is 1. The third-order valence-electron chi connectivity index (χ3n) is 4.15. The summed E-state index contributed by atoms with van der Waals surface area (Å²) in [5.74, 6) is 0.0108. The van der Waals surface area contributed by atoms with Gasteiger partial charge in [0.05, 0.1) is 6.61 Å². The Morgan fingerprint density at radius 3 is 2.86 bits per heavy atom. The molecule has 0 saturated heterocycles. The monoisotopic (exact) mass is 291 g/mol. The number of likely N-dealkylation sites (N-methyl/N-ethyl adjacent to an activating group) is 1. The van der Waals surface area contributed by atoms with Crippen molar-refractivity contribution in [2.45, 2.75) is 32.4 Å². The fourth-order valence-corrected chi connectivity index (χ4v) is 2.73. The number of amides is 1. The maximum Gasteiger partial charge on any atom is 0.246 e. The molecule has 1 aliphatic heterocycles. The zero-order valence-electron chi connectivity index (χ0n) is 13.3. The number of rotatable bonds is 7. The number of hydrogen-bond donors (Lipinski definition) is 2. The Kier molecular flexibility index (Phi) is 5.20. The van der Waals surface area contributed by atoms with Crippen LogP contribution >= 0.6 is 0 Å². The highest BCUT2D eigenvalue weighted by Crippen LogP contribution is 2.34. The van der Waals surface area contributed by atoms with E-state index in [0.717, 1.165) is 29.9 Å². The predicted octanol–water partition coefficient (Wildman–Crippen LogP) is 2.15. The quantitative estimate of drug-likeness (QED) is 0.808. The molecule has 2 N–H and O–H groups in total. The van der Waals surface area contributed by atoms with Crippen LogP contribution in [0.3, 0.4) is 0 Å². The van der Waals surface area contributed by atoms with Crippen molar-refractivity contribution in [3.63, 3.8) is 0 Å². The highest BCUT2D eigenvalue weighted by Gasteiger charge is 2.29. The third-order valence-corrected chi connectivity index (χ3v) is 4.15. The molecular weight excluding hydrogens is 266 g/mol. The fourth-order valence-electron chi connectivity index (χ4n) is 2.73. The Morgan fingerprint density at radius 1 is 1.48 bits per heavy atom. The average molecular weight is 291 g/mol. The smallest absolute Gasteiger partial charge is 0.246 e. The number of anilines is 2. The first-order chi connectivity index (χ1) is 10.1. The van der Waals surface area contributed by atoms with E-state index in [0.29, 0.717) is 12.6 Å². The van der Waals surface area contributed by atoms with Crippen molar-refractivity contribution in [3.8, 4) is 0 Å². The highest BCUT2D eigenvalue weighted by molar-refractivity contribution is 6.03. The second kappa shape index (κ2) is 6.91. The molecule has 2 atom stereocenters. The van der Waals surface area contributed by atoms with Crippen LogP contribution in [0.2, 0.25) is 0 Å². The summed E-state index contributed by atoms with van der Waals surface area (Å²) in [6.07, 6.45) is 1.06. The Hall–Kier alpha value is -1.59. The lowest BCUT2D eigenvalue weighted by molar-refractivity contribution is -0.117. The van der Waals surface area contributed by atoms with Crippen molar-refractivity contribution in [2.75, 3.05) is 37.5 Å². The van der Waals surface area contributed by atoms with Crippen LogP contribution in [0.5, 0.6) is 0 Å². The molecule has 5 nitrogen and oxygen atoms in total. The normalized spacial score (nSPS) is 18.3.